The Kier molecular flexibility index (Phi) is 3.20. The molecule has 0 saturated heterocycles. The summed E-state index contributed by atoms with van der Waals surface area (Å²) in [6.07, 6.45) is 0. The summed E-state index contributed by atoms with van der Waals surface area (Å²) in [4.78, 5) is 4.01. The van der Waals surface area contributed by atoms with Gasteiger partial charge in [0.1, 0.15) is 29.0 Å². The van der Waals surface area contributed by atoms with Gasteiger partial charge in [-0.15, -0.1) is 0 Å². The van der Waals surface area contributed by atoms with E-state index in [0.717, 1.165) is 18.2 Å². The number of ether oxygens (including phenoxy) is 1. The topological polar surface area (TPSA) is 45.9 Å². The molecule has 18 heavy (non-hydrogen) atoms. The molecule has 0 N–H and O–H groups in total. The summed E-state index contributed by atoms with van der Waals surface area (Å²) in [7, 11) is 0. The lowest BCUT2D eigenvalue weighted by atomic mass is 10.2. The zero-order chi connectivity index (χ0) is 13.1. The zero-order valence-corrected chi connectivity index (χ0v) is 9.45. The van der Waals surface area contributed by atoms with Gasteiger partial charge in [0.25, 0.3) is 0 Å². The maximum atomic E-state index is 13.0. The quantitative estimate of drug-likeness (QED) is 0.816. The highest BCUT2D eigenvalue weighted by Gasteiger charge is 2.08. The minimum Gasteiger partial charge on any atom is -0.437 e. The fraction of sp³-hybridized carbons (Fsp3) is 0.0769. The Morgan fingerprint density at radius 3 is 2.44 bits per heavy atom. The number of hydrogen-bond donors (Lipinski definition) is 0. The monoisotopic (exact) mass is 246 g/mol. The van der Waals surface area contributed by atoms with Crippen molar-refractivity contribution in [2.75, 3.05) is 0 Å². The highest BCUT2D eigenvalue weighted by atomic mass is 19.1. The second-order valence-electron chi connectivity index (χ2n) is 3.62. The molecule has 1 aromatic carbocycles. The molecule has 0 saturated carbocycles. The summed E-state index contributed by atoms with van der Waals surface area (Å²) in [5.41, 5.74) is 0.839. The van der Waals surface area contributed by atoms with Crippen LogP contribution in [0.4, 0.5) is 8.78 Å². The molecule has 5 heteroatoms. The van der Waals surface area contributed by atoms with Crippen molar-refractivity contribution in [3.63, 3.8) is 0 Å². The standard InChI is InChI=1S/C13H8F2N2O/c1-8-2-3-9(7-16)13(17-8)18-12-5-10(14)4-11(15)6-12/h2-6H,1H3. The van der Waals surface area contributed by atoms with E-state index < -0.39 is 11.6 Å². The maximum Gasteiger partial charge on any atom is 0.237 e. The maximum absolute atomic E-state index is 13.0. The molecule has 0 radical (unpaired) electrons. The van der Waals surface area contributed by atoms with Crippen LogP contribution in [0.25, 0.3) is 0 Å². The van der Waals surface area contributed by atoms with Crippen LogP contribution in [0.1, 0.15) is 11.3 Å². The van der Waals surface area contributed by atoms with E-state index in [1.807, 2.05) is 6.07 Å². The average Bonchev–Trinajstić information content (AvgIpc) is 2.27. The van der Waals surface area contributed by atoms with Gasteiger partial charge in [-0.1, -0.05) is 0 Å². The van der Waals surface area contributed by atoms with Gasteiger partial charge in [-0.3, -0.25) is 0 Å². The molecule has 90 valence electrons. The minimum atomic E-state index is -0.754. The number of aromatic nitrogens is 1. The number of benzene rings is 1. The van der Waals surface area contributed by atoms with Crippen molar-refractivity contribution >= 4 is 0 Å². The van der Waals surface area contributed by atoms with E-state index in [4.69, 9.17) is 10.00 Å². The Labute approximate surface area is 102 Å². The molecule has 0 aliphatic carbocycles. The van der Waals surface area contributed by atoms with Gasteiger partial charge < -0.3 is 4.74 Å². The van der Waals surface area contributed by atoms with Crippen LogP contribution < -0.4 is 4.74 Å². The van der Waals surface area contributed by atoms with Gasteiger partial charge in [0.05, 0.1) is 0 Å². The molecule has 0 bridgehead atoms. The van der Waals surface area contributed by atoms with Crippen LogP contribution in [0.5, 0.6) is 11.6 Å². The van der Waals surface area contributed by atoms with Crippen LogP contribution in [0.2, 0.25) is 0 Å². The van der Waals surface area contributed by atoms with E-state index in [1.54, 1.807) is 13.0 Å². The van der Waals surface area contributed by atoms with E-state index in [9.17, 15) is 8.78 Å². The second-order valence-corrected chi connectivity index (χ2v) is 3.62. The summed E-state index contributed by atoms with van der Waals surface area (Å²) in [5, 5.41) is 8.88. The summed E-state index contributed by atoms with van der Waals surface area (Å²) in [6.45, 7) is 1.72. The van der Waals surface area contributed by atoms with Gasteiger partial charge in [-0.25, -0.2) is 13.8 Å². The van der Waals surface area contributed by atoms with Crippen LogP contribution in [0.15, 0.2) is 30.3 Å². The zero-order valence-electron chi connectivity index (χ0n) is 9.45. The van der Waals surface area contributed by atoms with Crippen LogP contribution in [-0.2, 0) is 0 Å². The predicted octanol–water partition coefficient (Wildman–Crippen LogP) is 3.33. The first-order valence-electron chi connectivity index (χ1n) is 5.10. The lowest BCUT2D eigenvalue weighted by Crippen LogP contribution is -1.94. The van der Waals surface area contributed by atoms with Crippen molar-refractivity contribution in [1.29, 1.82) is 5.26 Å². The Morgan fingerprint density at radius 2 is 1.83 bits per heavy atom. The molecule has 2 rings (SSSR count). The Morgan fingerprint density at radius 1 is 1.17 bits per heavy atom. The number of pyridine rings is 1. The van der Waals surface area contributed by atoms with Crippen LogP contribution in [-0.4, -0.2) is 4.98 Å². The van der Waals surface area contributed by atoms with Gasteiger partial charge in [0.15, 0.2) is 0 Å². The van der Waals surface area contributed by atoms with Crippen molar-refractivity contribution in [3.8, 4) is 17.7 Å². The number of hydrogen-bond acceptors (Lipinski definition) is 3. The molecule has 0 atom stereocenters. The van der Waals surface area contributed by atoms with E-state index >= 15 is 0 Å². The first kappa shape index (κ1) is 12.0. The van der Waals surface area contributed by atoms with E-state index in [-0.39, 0.29) is 17.2 Å². The molecule has 3 nitrogen and oxygen atoms in total. The molecule has 0 amide bonds. The number of nitrogens with zero attached hydrogens (tertiary/aromatic N) is 2. The fourth-order valence-electron chi connectivity index (χ4n) is 1.39. The molecular formula is C13H8F2N2O. The molecule has 0 spiro atoms. The second kappa shape index (κ2) is 4.80. The first-order valence-corrected chi connectivity index (χ1v) is 5.10. The van der Waals surface area contributed by atoms with Crippen LogP contribution >= 0.6 is 0 Å². The van der Waals surface area contributed by atoms with Crippen molar-refractivity contribution in [3.05, 3.63) is 53.2 Å². The number of rotatable bonds is 2. The van der Waals surface area contributed by atoms with Gasteiger partial charge in [0, 0.05) is 23.9 Å². The van der Waals surface area contributed by atoms with Crippen molar-refractivity contribution < 1.29 is 13.5 Å². The Bertz CT molecular complexity index is 615. The summed E-state index contributed by atoms with van der Waals surface area (Å²) in [6, 6.07) is 7.86. The Balaban J connectivity index is 2.39. The van der Waals surface area contributed by atoms with Crippen LogP contribution in [0.3, 0.4) is 0 Å². The van der Waals surface area contributed by atoms with Crippen molar-refractivity contribution in [1.82, 2.24) is 4.98 Å². The third kappa shape index (κ3) is 2.61. The fourth-order valence-corrected chi connectivity index (χ4v) is 1.39. The van der Waals surface area contributed by atoms with Gasteiger partial charge in [-0.05, 0) is 19.1 Å². The predicted molar refractivity (Wildman–Crippen MR) is 60.1 cm³/mol. The first-order chi connectivity index (χ1) is 8.58. The molecule has 1 heterocycles. The molecule has 0 aliphatic rings. The minimum absolute atomic E-state index is 0.0301. The molecule has 0 aliphatic heterocycles. The summed E-state index contributed by atoms with van der Waals surface area (Å²) in [5.74, 6) is -1.52. The summed E-state index contributed by atoms with van der Waals surface area (Å²) < 4.78 is 31.2. The lowest BCUT2D eigenvalue weighted by molar-refractivity contribution is 0.449. The Hall–Kier alpha value is -2.48. The van der Waals surface area contributed by atoms with Crippen LogP contribution in [0, 0.1) is 29.9 Å². The smallest absolute Gasteiger partial charge is 0.237 e. The van der Waals surface area contributed by atoms with Gasteiger partial charge in [0.2, 0.25) is 5.88 Å². The number of nitriles is 1. The van der Waals surface area contributed by atoms with Gasteiger partial charge in [-0.2, -0.15) is 5.26 Å². The van der Waals surface area contributed by atoms with Gasteiger partial charge >= 0.3 is 0 Å². The molecule has 0 unspecified atom stereocenters. The number of aryl methyl sites for hydroxylation is 1. The largest absolute Gasteiger partial charge is 0.437 e. The molecule has 1 aromatic heterocycles. The lowest BCUT2D eigenvalue weighted by Gasteiger charge is -2.07. The highest BCUT2D eigenvalue weighted by Crippen LogP contribution is 2.24. The van der Waals surface area contributed by atoms with E-state index in [0.29, 0.717) is 5.69 Å². The third-order valence-electron chi connectivity index (χ3n) is 2.17. The normalized spacial score (nSPS) is 9.89. The van der Waals surface area contributed by atoms with E-state index in [1.165, 1.54) is 6.07 Å². The van der Waals surface area contributed by atoms with Crippen molar-refractivity contribution in [2.45, 2.75) is 6.92 Å². The number of halogens is 2. The third-order valence-corrected chi connectivity index (χ3v) is 2.17. The molecular weight excluding hydrogens is 238 g/mol. The highest BCUT2D eigenvalue weighted by molar-refractivity contribution is 5.41. The van der Waals surface area contributed by atoms with E-state index in [2.05, 4.69) is 4.98 Å². The summed E-state index contributed by atoms with van der Waals surface area (Å²) >= 11 is 0. The molecule has 0 fully saturated rings. The SMILES string of the molecule is Cc1ccc(C#N)c(Oc2cc(F)cc(F)c2)n1. The average molecular weight is 246 g/mol. The van der Waals surface area contributed by atoms with Crippen molar-refractivity contribution in [2.24, 2.45) is 0 Å². The molecule has 2 aromatic rings.